The average Bonchev–Trinajstić information content (AvgIpc) is 3.94. The number of nitrogens with zero attached hydrogens (tertiary/aromatic N) is 5. The van der Waals surface area contributed by atoms with E-state index < -0.39 is 60.4 Å². The first-order valence-electron chi connectivity index (χ1n) is 25.1. The fraction of sp³-hybridized carbons (Fsp3) is 0. The number of para-hydroxylation sites is 2. The van der Waals surface area contributed by atoms with Gasteiger partial charge in [-0.1, -0.05) is 200 Å². The second kappa shape index (κ2) is 14.7. The van der Waals surface area contributed by atoms with E-state index in [0.717, 1.165) is 54.8 Å². The first kappa shape index (κ1) is 26.6. The molecule has 12 rings (SSSR count). The van der Waals surface area contributed by atoms with Crippen molar-refractivity contribution in [2.24, 2.45) is 0 Å². The molecule has 0 amide bonds. The summed E-state index contributed by atoms with van der Waals surface area (Å²) in [7, 11) is 0. The van der Waals surface area contributed by atoms with Crippen LogP contribution in [0.5, 0.6) is 0 Å². The molecule has 9 aromatic carbocycles. The summed E-state index contributed by atoms with van der Waals surface area (Å²) in [5.41, 5.74) is 7.14. The lowest BCUT2D eigenvalue weighted by Crippen LogP contribution is -2.07. The lowest BCUT2D eigenvalue weighted by molar-refractivity contribution is 0.953. The van der Waals surface area contributed by atoms with Gasteiger partial charge in [0.25, 0.3) is 0 Å². The standard InChI is InChI=1S/C57H37N5/c1-5-17-38(18-6-1)40-29-31-43(32-30-40)56-58-55(42-23-11-4-12-24-42)59-57(60-56)62-51-28-16-14-26-46(51)48-35-34-47-45-25-13-15-27-50(45)61(53(47)54(48)62)52-36-33-44(39-19-7-2-8-20-39)37-49(52)41-21-9-3-10-22-41/h1-37H/i2D,3D,7D,8D,9D,10D,19D,20D,21D,22D. The minimum absolute atomic E-state index is 0.0968. The summed E-state index contributed by atoms with van der Waals surface area (Å²) in [4.78, 5) is 15.6. The monoisotopic (exact) mass is 801 g/mol. The molecule has 5 nitrogen and oxygen atoms in total. The van der Waals surface area contributed by atoms with Gasteiger partial charge in [0.1, 0.15) is 0 Å². The molecule has 3 heterocycles. The van der Waals surface area contributed by atoms with E-state index in [-0.39, 0.29) is 22.3 Å². The van der Waals surface area contributed by atoms with Crippen molar-refractivity contribution in [3.8, 4) is 67.8 Å². The molecule has 0 aliphatic carbocycles. The maximum absolute atomic E-state index is 9.30. The molecule has 0 N–H and O–H groups in total. The van der Waals surface area contributed by atoms with E-state index in [1.165, 1.54) is 0 Å². The number of benzene rings is 9. The topological polar surface area (TPSA) is 48.5 Å². The predicted molar refractivity (Wildman–Crippen MR) is 256 cm³/mol. The zero-order valence-electron chi connectivity index (χ0n) is 42.8. The Kier molecular flexibility index (Phi) is 6.31. The van der Waals surface area contributed by atoms with Crippen LogP contribution in [0.3, 0.4) is 0 Å². The van der Waals surface area contributed by atoms with E-state index in [1.54, 1.807) is 18.2 Å². The minimum Gasteiger partial charge on any atom is -0.307 e. The van der Waals surface area contributed by atoms with Gasteiger partial charge in [0, 0.05) is 38.2 Å². The van der Waals surface area contributed by atoms with Crippen LogP contribution in [0.15, 0.2) is 224 Å². The van der Waals surface area contributed by atoms with Crippen LogP contribution < -0.4 is 0 Å². The van der Waals surface area contributed by atoms with Gasteiger partial charge in [-0.2, -0.15) is 9.97 Å². The van der Waals surface area contributed by atoms with Crippen LogP contribution in [0.1, 0.15) is 13.7 Å². The smallest absolute Gasteiger partial charge is 0.238 e. The van der Waals surface area contributed by atoms with Crippen LogP contribution in [0.25, 0.3) is 111 Å². The normalized spacial score (nSPS) is 13.8. The van der Waals surface area contributed by atoms with Crippen LogP contribution in [0.2, 0.25) is 0 Å². The van der Waals surface area contributed by atoms with E-state index in [4.69, 9.17) is 25.9 Å². The van der Waals surface area contributed by atoms with Crippen molar-refractivity contribution in [1.29, 1.82) is 0 Å². The van der Waals surface area contributed by atoms with E-state index >= 15 is 0 Å². The van der Waals surface area contributed by atoms with Gasteiger partial charge in [0.2, 0.25) is 5.95 Å². The zero-order chi connectivity index (χ0) is 49.7. The van der Waals surface area contributed by atoms with Gasteiger partial charge in [-0.25, -0.2) is 4.98 Å². The third kappa shape index (κ3) is 5.90. The second-order valence-corrected chi connectivity index (χ2v) is 14.9. The summed E-state index contributed by atoms with van der Waals surface area (Å²) in [6, 6.07) is 47.7. The number of aromatic nitrogens is 5. The van der Waals surface area contributed by atoms with E-state index in [9.17, 15) is 2.74 Å². The summed E-state index contributed by atoms with van der Waals surface area (Å²) >= 11 is 0. The van der Waals surface area contributed by atoms with Crippen molar-refractivity contribution in [3.05, 3.63) is 224 Å². The van der Waals surface area contributed by atoms with Crippen LogP contribution in [-0.2, 0) is 0 Å². The Bertz CT molecular complexity index is 4150. The average molecular weight is 802 g/mol. The molecule has 0 saturated carbocycles. The van der Waals surface area contributed by atoms with Crippen LogP contribution in [0.4, 0.5) is 0 Å². The zero-order valence-corrected chi connectivity index (χ0v) is 32.8. The summed E-state index contributed by atoms with van der Waals surface area (Å²) in [6.07, 6.45) is 0. The van der Waals surface area contributed by atoms with Gasteiger partial charge in [-0.05, 0) is 52.1 Å². The Morgan fingerprint density at radius 2 is 0.806 bits per heavy atom. The fourth-order valence-corrected chi connectivity index (χ4v) is 8.58. The van der Waals surface area contributed by atoms with Crippen molar-refractivity contribution < 1.29 is 13.7 Å². The van der Waals surface area contributed by atoms with Crippen LogP contribution in [-0.4, -0.2) is 24.1 Å². The molecule has 0 spiro atoms. The minimum atomic E-state index is -0.570. The highest BCUT2D eigenvalue weighted by atomic mass is 15.2. The van der Waals surface area contributed by atoms with E-state index in [0.29, 0.717) is 34.3 Å². The molecule has 0 saturated heterocycles. The lowest BCUT2D eigenvalue weighted by atomic mass is 9.97. The molecule has 3 aromatic heterocycles. The number of hydrogen-bond acceptors (Lipinski definition) is 3. The molecule has 12 aromatic rings. The van der Waals surface area contributed by atoms with Crippen molar-refractivity contribution in [2.45, 2.75) is 0 Å². The third-order valence-electron chi connectivity index (χ3n) is 11.4. The van der Waals surface area contributed by atoms with Gasteiger partial charge in [-0.3, -0.25) is 4.57 Å². The molecule has 62 heavy (non-hydrogen) atoms. The van der Waals surface area contributed by atoms with Crippen molar-refractivity contribution in [2.75, 3.05) is 0 Å². The molecular formula is C57H37N5. The third-order valence-corrected chi connectivity index (χ3v) is 11.4. The second-order valence-electron chi connectivity index (χ2n) is 14.9. The Morgan fingerprint density at radius 1 is 0.339 bits per heavy atom. The SMILES string of the molecule is [2H]c1c([2H])c([2H])c(-c2ccc(-n3c4ccccc4c4ccc5c6ccccc6n(-c6nc(-c7ccccc7)nc(-c7ccc(-c8ccccc8)cc7)n6)c5c43)c(-c3c([2H])c([2H])c([2H])c([2H])c3[2H])c2)c([2H])c1[2H]. The molecule has 0 unspecified atom stereocenters. The molecule has 0 aliphatic heterocycles. The molecule has 0 aliphatic rings. The van der Waals surface area contributed by atoms with Crippen molar-refractivity contribution in [3.63, 3.8) is 0 Å². The quantitative estimate of drug-likeness (QED) is 0.161. The van der Waals surface area contributed by atoms with Gasteiger partial charge in [0.05, 0.1) is 41.5 Å². The van der Waals surface area contributed by atoms with Gasteiger partial charge in [-0.15, -0.1) is 0 Å². The van der Waals surface area contributed by atoms with Gasteiger partial charge < -0.3 is 4.57 Å². The first-order chi connectivity index (χ1) is 34.9. The maximum Gasteiger partial charge on any atom is 0.238 e. The summed E-state index contributed by atoms with van der Waals surface area (Å²) in [5, 5.41) is 3.45. The highest BCUT2D eigenvalue weighted by molar-refractivity contribution is 6.24. The molecule has 0 bridgehead atoms. The number of hydrogen-bond donors (Lipinski definition) is 0. The Morgan fingerprint density at radius 3 is 1.44 bits per heavy atom. The van der Waals surface area contributed by atoms with Crippen molar-refractivity contribution in [1.82, 2.24) is 24.1 Å². The van der Waals surface area contributed by atoms with Crippen LogP contribution in [0, 0.1) is 0 Å². The lowest BCUT2D eigenvalue weighted by Gasteiger charge is -2.17. The van der Waals surface area contributed by atoms with Crippen molar-refractivity contribution >= 4 is 43.6 Å². The predicted octanol–water partition coefficient (Wildman–Crippen LogP) is 14.4. The Labute approximate surface area is 372 Å². The fourth-order valence-electron chi connectivity index (χ4n) is 8.58. The van der Waals surface area contributed by atoms with E-state index in [1.807, 2.05) is 118 Å². The summed E-state index contributed by atoms with van der Waals surface area (Å²) < 4.78 is 91.9. The Hall–Kier alpha value is -8.41. The molecular weight excluding hydrogens is 755 g/mol. The molecule has 0 atom stereocenters. The molecule has 0 fully saturated rings. The highest BCUT2D eigenvalue weighted by Crippen LogP contribution is 2.44. The van der Waals surface area contributed by atoms with Gasteiger partial charge in [0.15, 0.2) is 11.6 Å². The number of rotatable bonds is 7. The molecule has 5 heteroatoms. The van der Waals surface area contributed by atoms with Gasteiger partial charge >= 0.3 is 0 Å². The first-order valence-corrected chi connectivity index (χ1v) is 20.1. The van der Waals surface area contributed by atoms with Crippen LogP contribution >= 0.6 is 0 Å². The van der Waals surface area contributed by atoms with E-state index in [2.05, 4.69) is 36.4 Å². The molecule has 290 valence electrons. The summed E-state index contributed by atoms with van der Waals surface area (Å²) in [6.45, 7) is 0. The largest absolute Gasteiger partial charge is 0.307 e. The maximum atomic E-state index is 9.30. The molecule has 0 radical (unpaired) electrons. The number of fused-ring (bicyclic) bond motifs is 7. The Balaban J connectivity index is 1.21. The highest BCUT2D eigenvalue weighted by Gasteiger charge is 2.24. The summed E-state index contributed by atoms with van der Waals surface area (Å²) in [5.74, 6) is 1.24.